The minimum Gasteiger partial charge on any atom is -0.550 e. The second-order valence-corrected chi connectivity index (χ2v) is 4.73. The van der Waals surface area contributed by atoms with Gasteiger partial charge in [0.05, 0.1) is 0 Å². The first-order valence-electron chi connectivity index (χ1n) is 6.03. The highest BCUT2D eigenvalue weighted by molar-refractivity contribution is 6.31. The van der Waals surface area contributed by atoms with Gasteiger partial charge in [0.25, 0.3) is 5.91 Å². The minimum absolute atomic E-state index is 0.243. The number of halogens is 1. The number of H-pyrrole nitrogens is 1. The SMILES string of the molecule is O=C([O-])CCC(=O)NNC(=O)c1cc2cc(Cl)ccc2[nH]1. The summed E-state index contributed by atoms with van der Waals surface area (Å²) in [6.45, 7) is 0. The molecule has 0 fully saturated rings. The summed E-state index contributed by atoms with van der Waals surface area (Å²) in [5, 5.41) is 11.5. The molecule has 2 amide bonds. The maximum Gasteiger partial charge on any atom is 0.286 e. The molecule has 0 spiro atoms. The van der Waals surface area contributed by atoms with E-state index in [2.05, 4.69) is 15.8 Å². The summed E-state index contributed by atoms with van der Waals surface area (Å²) in [7, 11) is 0. The van der Waals surface area contributed by atoms with E-state index in [0.717, 1.165) is 10.9 Å². The van der Waals surface area contributed by atoms with E-state index in [9.17, 15) is 19.5 Å². The lowest BCUT2D eigenvalue weighted by Crippen LogP contribution is -2.42. The molecule has 1 heterocycles. The van der Waals surface area contributed by atoms with Crippen LogP contribution in [-0.2, 0) is 9.59 Å². The van der Waals surface area contributed by atoms with Crippen LogP contribution in [0.5, 0.6) is 0 Å². The molecule has 8 heteroatoms. The summed E-state index contributed by atoms with van der Waals surface area (Å²) in [5.74, 6) is -2.50. The third-order valence-corrected chi connectivity index (χ3v) is 2.93. The Bertz CT molecular complexity index is 711. The first kappa shape index (κ1) is 14.9. The zero-order valence-corrected chi connectivity index (χ0v) is 11.5. The maximum atomic E-state index is 11.8. The fraction of sp³-hybridized carbons (Fsp3) is 0.154. The summed E-state index contributed by atoms with van der Waals surface area (Å²) in [6, 6.07) is 6.70. The average molecular weight is 309 g/mol. The Morgan fingerprint density at radius 3 is 2.62 bits per heavy atom. The zero-order chi connectivity index (χ0) is 15.4. The highest BCUT2D eigenvalue weighted by atomic mass is 35.5. The summed E-state index contributed by atoms with van der Waals surface area (Å²) in [5.41, 5.74) is 5.27. The molecule has 0 bridgehead atoms. The lowest BCUT2D eigenvalue weighted by Gasteiger charge is -2.06. The second kappa shape index (κ2) is 6.27. The van der Waals surface area contributed by atoms with Crippen LogP contribution in [0.2, 0.25) is 5.02 Å². The molecule has 2 rings (SSSR count). The molecule has 110 valence electrons. The first-order valence-corrected chi connectivity index (χ1v) is 6.41. The van der Waals surface area contributed by atoms with Crippen LogP contribution in [0, 0.1) is 0 Å². The summed E-state index contributed by atoms with van der Waals surface area (Å²) in [4.78, 5) is 36.1. The number of carbonyl (C=O) groups excluding carboxylic acids is 3. The Labute approximate surface area is 124 Å². The molecule has 1 aromatic heterocycles. The molecule has 0 atom stereocenters. The van der Waals surface area contributed by atoms with E-state index >= 15 is 0 Å². The van der Waals surface area contributed by atoms with Crippen LogP contribution in [0.3, 0.4) is 0 Å². The van der Waals surface area contributed by atoms with Crippen LogP contribution in [0.4, 0.5) is 0 Å². The molecule has 0 aliphatic heterocycles. The van der Waals surface area contributed by atoms with Crippen molar-refractivity contribution in [3.8, 4) is 0 Å². The Hall–Kier alpha value is -2.54. The van der Waals surface area contributed by atoms with Crippen LogP contribution < -0.4 is 16.0 Å². The van der Waals surface area contributed by atoms with Gasteiger partial charge in [-0.15, -0.1) is 0 Å². The largest absolute Gasteiger partial charge is 0.550 e. The normalized spacial score (nSPS) is 10.3. The smallest absolute Gasteiger partial charge is 0.286 e. The lowest BCUT2D eigenvalue weighted by atomic mass is 10.2. The van der Waals surface area contributed by atoms with Crippen molar-refractivity contribution in [3.63, 3.8) is 0 Å². The minimum atomic E-state index is -1.33. The van der Waals surface area contributed by atoms with E-state index in [1.165, 1.54) is 0 Å². The van der Waals surface area contributed by atoms with Crippen molar-refractivity contribution in [2.75, 3.05) is 0 Å². The summed E-state index contributed by atoms with van der Waals surface area (Å²) in [6.07, 6.45) is -0.683. The van der Waals surface area contributed by atoms with Gasteiger partial charge in [0.2, 0.25) is 5.91 Å². The monoisotopic (exact) mass is 308 g/mol. The number of aliphatic carboxylic acids is 1. The van der Waals surface area contributed by atoms with Gasteiger partial charge in [-0.1, -0.05) is 11.6 Å². The number of aromatic amines is 1. The fourth-order valence-electron chi connectivity index (χ4n) is 1.70. The predicted molar refractivity (Wildman–Crippen MR) is 73.2 cm³/mol. The van der Waals surface area contributed by atoms with Crippen LogP contribution in [-0.4, -0.2) is 22.8 Å². The van der Waals surface area contributed by atoms with Gasteiger partial charge in [-0.25, -0.2) is 0 Å². The van der Waals surface area contributed by atoms with Gasteiger partial charge in [0, 0.05) is 28.3 Å². The molecule has 0 saturated heterocycles. The third-order valence-electron chi connectivity index (χ3n) is 2.70. The number of carbonyl (C=O) groups is 3. The number of carboxylic acid groups (broad SMARTS) is 1. The molecule has 0 aliphatic rings. The Morgan fingerprint density at radius 1 is 1.14 bits per heavy atom. The number of fused-ring (bicyclic) bond motifs is 1. The number of hydrogen-bond donors (Lipinski definition) is 3. The summed E-state index contributed by atoms with van der Waals surface area (Å²) >= 11 is 5.85. The number of benzene rings is 1. The van der Waals surface area contributed by atoms with Gasteiger partial charge in [-0.05, 0) is 30.7 Å². The quantitative estimate of drug-likeness (QED) is 0.696. The van der Waals surface area contributed by atoms with E-state index in [0.29, 0.717) is 5.02 Å². The third kappa shape index (κ3) is 3.96. The summed E-state index contributed by atoms with van der Waals surface area (Å²) < 4.78 is 0. The Balaban J connectivity index is 1.96. The van der Waals surface area contributed by atoms with Gasteiger partial charge >= 0.3 is 0 Å². The van der Waals surface area contributed by atoms with Gasteiger partial charge < -0.3 is 14.9 Å². The van der Waals surface area contributed by atoms with Crippen molar-refractivity contribution in [2.24, 2.45) is 0 Å². The Kier molecular flexibility index (Phi) is 4.44. The Morgan fingerprint density at radius 2 is 1.90 bits per heavy atom. The van der Waals surface area contributed by atoms with Crippen LogP contribution in [0.15, 0.2) is 24.3 Å². The van der Waals surface area contributed by atoms with E-state index in [1.807, 2.05) is 0 Å². The highest BCUT2D eigenvalue weighted by Gasteiger charge is 2.10. The first-order chi connectivity index (χ1) is 9.95. The van der Waals surface area contributed by atoms with Crippen molar-refractivity contribution in [3.05, 3.63) is 35.0 Å². The number of rotatable bonds is 4. The second-order valence-electron chi connectivity index (χ2n) is 4.29. The number of nitrogens with one attached hydrogen (secondary N) is 3. The molecule has 0 unspecified atom stereocenters. The lowest BCUT2D eigenvalue weighted by molar-refractivity contribution is -0.305. The fourth-order valence-corrected chi connectivity index (χ4v) is 1.88. The van der Waals surface area contributed by atoms with Gasteiger partial charge in [-0.2, -0.15) is 0 Å². The number of aromatic nitrogens is 1. The maximum absolute atomic E-state index is 11.8. The van der Waals surface area contributed by atoms with E-state index in [-0.39, 0.29) is 12.1 Å². The molecule has 1 aromatic carbocycles. The average Bonchev–Trinajstić information content (AvgIpc) is 2.85. The molecule has 0 radical (unpaired) electrons. The molecule has 0 saturated carbocycles. The van der Waals surface area contributed by atoms with Crippen molar-refractivity contribution in [1.29, 1.82) is 0 Å². The van der Waals surface area contributed by atoms with Crippen LogP contribution in [0.25, 0.3) is 10.9 Å². The standard InChI is InChI=1S/C13H12ClN3O4/c14-8-1-2-9-7(5-8)6-10(15-9)13(21)17-16-11(18)3-4-12(19)20/h1-2,5-6,15H,3-4H2,(H,16,18)(H,17,21)(H,19,20)/p-1. The molecule has 7 nitrogen and oxygen atoms in total. The molecule has 0 aliphatic carbocycles. The molecule has 2 aromatic rings. The molecule has 21 heavy (non-hydrogen) atoms. The molecule has 3 N–H and O–H groups in total. The predicted octanol–water partition coefficient (Wildman–Crippen LogP) is 0.112. The van der Waals surface area contributed by atoms with E-state index in [1.54, 1.807) is 24.3 Å². The van der Waals surface area contributed by atoms with Gasteiger partial charge in [0.1, 0.15) is 5.69 Å². The van der Waals surface area contributed by atoms with Crippen molar-refractivity contribution < 1.29 is 19.5 Å². The molecular weight excluding hydrogens is 298 g/mol. The highest BCUT2D eigenvalue weighted by Crippen LogP contribution is 2.19. The topological polar surface area (TPSA) is 114 Å². The van der Waals surface area contributed by atoms with Crippen LogP contribution >= 0.6 is 11.6 Å². The van der Waals surface area contributed by atoms with Gasteiger partial charge in [0.15, 0.2) is 0 Å². The van der Waals surface area contributed by atoms with Gasteiger partial charge in [-0.3, -0.25) is 20.4 Å². The number of hydrazine groups is 1. The van der Waals surface area contributed by atoms with Crippen LogP contribution in [0.1, 0.15) is 23.3 Å². The zero-order valence-electron chi connectivity index (χ0n) is 10.7. The van der Waals surface area contributed by atoms with Crippen molar-refractivity contribution >= 4 is 40.3 Å². The number of amides is 2. The van der Waals surface area contributed by atoms with E-state index in [4.69, 9.17) is 11.6 Å². The molecular formula is C13H11ClN3O4-. The van der Waals surface area contributed by atoms with Crippen molar-refractivity contribution in [2.45, 2.75) is 12.8 Å². The number of carboxylic acids is 1. The number of hydrogen-bond acceptors (Lipinski definition) is 4. The van der Waals surface area contributed by atoms with E-state index < -0.39 is 24.2 Å². The van der Waals surface area contributed by atoms with Crippen molar-refractivity contribution in [1.82, 2.24) is 15.8 Å².